The van der Waals surface area contributed by atoms with Crippen molar-refractivity contribution in [2.75, 3.05) is 18.4 Å². The number of rotatable bonds is 2. The number of nitrogens with zero attached hydrogens (tertiary/aromatic N) is 2. The molecule has 16 heavy (non-hydrogen) atoms. The second-order valence-electron chi connectivity index (χ2n) is 4.38. The average Bonchev–Trinajstić information content (AvgIpc) is 2.87. The molecule has 0 spiro atoms. The normalized spacial score (nSPS) is 23.4. The summed E-state index contributed by atoms with van der Waals surface area (Å²) in [6.07, 6.45) is 1.13. The molecule has 1 saturated heterocycles. The first-order valence-corrected chi connectivity index (χ1v) is 5.74. The molecule has 2 aliphatic rings. The first kappa shape index (κ1) is 9.99. The number of anilines is 1. The summed E-state index contributed by atoms with van der Waals surface area (Å²) in [5, 5.41) is 6.69. The van der Waals surface area contributed by atoms with E-state index in [2.05, 4.69) is 20.6 Å². The number of aryl methyl sites for hydroxylation is 1. The monoisotopic (exact) mass is 220 g/mol. The number of ether oxygens (including phenoxy) is 1. The lowest BCUT2D eigenvalue weighted by Crippen LogP contribution is -2.23. The first-order valence-electron chi connectivity index (χ1n) is 5.74. The van der Waals surface area contributed by atoms with Gasteiger partial charge in [-0.2, -0.15) is 0 Å². The summed E-state index contributed by atoms with van der Waals surface area (Å²) in [6, 6.07) is 0.458. The molecular formula is C11H16N4O. The minimum Gasteiger partial charge on any atom is -0.370 e. The van der Waals surface area contributed by atoms with Gasteiger partial charge in [0.05, 0.1) is 18.9 Å². The molecule has 5 heteroatoms. The molecule has 1 aromatic rings. The zero-order valence-corrected chi connectivity index (χ0v) is 9.42. The summed E-state index contributed by atoms with van der Waals surface area (Å²) in [4.78, 5) is 8.98. The van der Waals surface area contributed by atoms with Crippen LogP contribution in [-0.2, 0) is 18.0 Å². The van der Waals surface area contributed by atoms with Gasteiger partial charge in [-0.1, -0.05) is 0 Å². The molecule has 3 heterocycles. The van der Waals surface area contributed by atoms with Crippen molar-refractivity contribution in [3.8, 4) is 0 Å². The molecule has 0 bridgehead atoms. The molecule has 1 fully saturated rings. The Kier molecular flexibility index (Phi) is 2.49. The van der Waals surface area contributed by atoms with Crippen LogP contribution in [0.15, 0.2) is 0 Å². The molecule has 0 saturated carbocycles. The Hall–Kier alpha value is -1.20. The van der Waals surface area contributed by atoms with E-state index in [1.807, 2.05) is 6.92 Å². The highest BCUT2D eigenvalue weighted by atomic mass is 16.5. The van der Waals surface area contributed by atoms with Crippen molar-refractivity contribution in [2.45, 2.75) is 32.6 Å². The Morgan fingerprint density at radius 1 is 1.38 bits per heavy atom. The van der Waals surface area contributed by atoms with Gasteiger partial charge in [-0.25, -0.2) is 9.97 Å². The van der Waals surface area contributed by atoms with Crippen molar-refractivity contribution < 1.29 is 4.74 Å². The SMILES string of the molecule is Cc1nc(NC2CCNC2)nc2c1COC2. The summed E-state index contributed by atoms with van der Waals surface area (Å²) in [6.45, 7) is 5.37. The highest BCUT2D eigenvalue weighted by Gasteiger charge is 2.20. The molecule has 1 atom stereocenters. The predicted molar refractivity (Wildman–Crippen MR) is 60.2 cm³/mol. The smallest absolute Gasteiger partial charge is 0.223 e. The van der Waals surface area contributed by atoms with Crippen LogP contribution in [0, 0.1) is 6.92 Å². The zero-order valence-electron chi connectivity index (χ0n) is 9.42. The Balaban J connectivity index is 1.82. The highest BCUT2D eigenvalue weighted by molar-refractivity contribution is 5.36. The van der Waals surface area contributed by atoms with Gasteiger partial charge in [-0.3, -0.25) is 0 Å². The maximum atomic E-state index is 5.38. The van der Waals surface area contributed by atoms with Crippen LogP contribution in [0.25, 0.3) is 0 Å². The Bertz CT molecular complexity index is 401. The van der Waals surface area contributed by atoms with E-state index >= 15 is 0 Å². The lowest BCUT2D eigenvalue weighted by molar-refractivity contribution is 0.133. The second-order valence-corrected chi connectivity index (χ2v) is 4.38. The van der Waals surface area contributed by atoms with Gasteiger partial charge in [0.2, 0.25) is 5.95 Å². The van der Waals surface area contributed by atoms with E-state index in [0.29, 0.717) is 19.3 Å². The lowest BCUT2D eigenvalue weighted by atomic mass is 10.2. The molecule has 5 nitrogen and oxygen atoms in total. The number of hydrogen-bond acceptors (Lipinski definition) is 5. The average molecular weight is 220 g/mol. The van der Waals surface area contributed by atoms with Crippen LogP contribution in [0.3, 0.4) is 0 Å². The largest absolute Gasteiger partial charge is 0.370 e. The van der Waals surface area contributed by atoms with Gasteiger partial charge in [0.25, 0.3) is 0 Å². The van der Waals surface area contributed by atoms with Crippen molar-refractivity contribution in [3.63, 3.8) is 0 Å². The standard InChI is InChI=1S/C11H16N4O/c1-7-9-5-16-6-10(9)15-11(13-7)14-8-2-3-12-4-8/h8,12H,2-6H2,1H3,(H,13,14,15). The number of fused-ring (bicyclic) bond motifs is 1. The van der Waals surface area contributed by atoms with Gasteiger partial charge in [0, 0.05) is 23.8 Å². The fourth-order valence-corrected chi connectivity index (χ4v) is 2.24. The topological polar surface area (TPSA) is 59.1 Å². The van der Waals surface area contributed by atoms with E-state index in [0.717, 1.165) is 42.4 Å². The number of nitrogens with one attached hydrogen (secondary N) is 2. The first-order chi connectivity index (χ1) is 7.83. The van der Waals surface area contributed by atoms with E-state index in [9.17, 15) is 0 Å². The van der Waals surface area contributed by atoms with Gasteiger partial charge < -0.3 is 15.4 Å². The quantitative estimate of drug-likeness (QED) is 0.764. The van der Waals surface area contributed by atoms with Crippen LogP contribution in [0.2, 0.25) is 0 Å². The Morgan fingerprint density at radius 3 is 3.12 bits per heavy atom. The maximum absolute atomic E-state index is 5.38. The zero-order chi connectivity index (χ0) is 11.0. The van der Waals surface area contributed by atoms with Crippen molar-refractivity contribution in [3.05, 3.63) is 17.0 Å². The molecule has 1 aromatic heterocycles. The van der Waals surface area contributed by atoms with Crippen molar-refractivity contribution in [1.82, 2.24) is 15.3 Å². The summed E-state index contributed by atoms with van der Waals surface area (Å²) in [5.41, 5.74) is 3.24. The molecule has 0 amide bonds. The van der Waals surface area contributed by atoms with Gasteiger partial charge in [-0.05, 0) is 19.9 Å². The van der Waals surface area contributed by atoms with Crippen molar-refractivity contribution in [1.29, 1.82) is 0 Å². The molecule has 2 N–H and O–H groups in total. The third-order valence-corrected chi connectivity index (χ3v) is 3.18. The Morgan fingerprint density at radius 2 is 2.31 bits per heavy atom. The van der Waals surface area contributed by atoms with Crippen LogP contribution < -0.4 is 10.6 Å². The molecule has 1 unspecified atom stereocenters. The molecule has 0 aromatic carbocycles. The maximum Gasteiger partial charge on any atom is 0.223 e. The summed E-state index contributed by atoms with van der Waals surface area (Å²) in [7, 11) is 0. The van der Waals surface area contributed by atoms with Crippen LogP contribution in [-0.4, -0.2) is 29.1 Å². The van der Waals surface area contributed by atoms with Crippen LogP contribution in [0.4, 0.5) is 5.95 Å². The third kappa shape index (κ3) is 1.76. The van der Waals surface area contributed by atoms with Gasteiger partial charge in [-0.15, -0.1) is 0 Å². The number of hydrogen-bond donors (Lipinski definition) is 2. The fourth-order valence-electron chi connectivity index (χ4n) is 2.24. The minimum absolute atomic E-state index is 0.458. The van der Waals surface area contributed by atoms with Crippen molar-refractivity contribution >= 4 is 5.95 Å². The van der Waals surface area contributed by atoms with E-state index in [1.54, 1.807) is 0 Å². The van der Waals surface area contributed by atoms with E-state index in [4.69, 9.17) is 4.74 Å². The van der Waals surface area contributed by atoms with E-state index < -0.39 is 0 Å². The fraction of sp³-hybridized carbons (Fsp3) is 0.636. The third-order valence-electron chi connectivity index (χ3n) is 3.18. The van der Waals surface area contributed by atoms with E-state index in [1.165, 1.54) is 0 Å². The second kappa shape index (κ2) is 3.99. The minimum atomic E-state index is 0.458. The van der Waals surface area contributed by atoms with Gasteiger partial charge >= 0.3 is 0 Å². The van der Waals surface area contributed by atoms with Crippen LogP contribution in [0.5, 0.6) is 0 Å². The van der Waals surface area contributed by atoms with Crippen molar-refractivity contribution in [2.24, 2.45) is 0 Å². The molecule has 86 valence electrons. The molecule has 0 aliphatic carbocycles. The Labute approximate surface area is 94.6 Å². The summed E-state index contributed by atoms with van der Waals surface area (Å²) >= 11 is 0. The molecule has 0 radical (unpaired) electrons. The molecular weight excluding hydrogens is 204 g/mol. The number of aromatic nitrogens is 2. The van der Waals surface area contributed by atoms with Crippen LogP contribution >= 0.6 is 0 Å². The molecule has 2 aliphatic heterocycles. The van der Waals surface area contributed by atoms with Crippen LogP contribution in [0.1, 0.15) is 23.4 Å². The highest BCUT2D eigenvalue weighted by Crippen LogP contribution is 2.22. The van der Waals surface area contributed by atoms with Gasteiger partial charge in [0.15, 0.2) is 0 Å². The summed E-state index contributed by atoms with van der Waals surface area (Å²) in [5.74, 6) is 0.746. The summed E-state index contributed by atoms with van der Waals surface area (Å²) < 4.78 is 5.38. The van der Waals surface area contributed by atoms with E-state index in [-0.39, 0.29) is 0 Å². The molecule has 3 rings (SSSR count). The van der Waals surface area contributed by atoms with Gasteiger partial charge in [0.1, 0.15) is 0 Å². The predicted octanol–water partition coefficient (Wildman–Crippen LogP) is 0.589. The lowest BCUT2D eigenvalue weighted by Gasteiger charge is -2.12.